The molecule has 1 aromatic heterocycles. The van der Waals surface area contributed by atoms with E-state index < -0.39 is 9.84 Å². The topological polar surface area (TPSA) is 81.1 Å². The lowest BCUT2D eigenvalue weighted by Gasteiger charge is -2.35. The first-order chi connectivity index (χ1) is 18.4. The first-order valence-electron chi connectivity index (χ1n) is 12.7. The van der Waals surface area contributed by atoms with Gasteiger partial charge in [0.15, 0.2) is 11.5 Å². The lowest BCUT2D eigenvalue weighted by Crippen LogP contribution is -2.49. The third-order valence-electron chi connectivity index (χ3n) is 7.25. The van der Waals surface area contributed by atoms with Crippen LogP contribution in [0.3, 0.4) is 0 Å². The smallest absolute Gasteiger partial charge is 0.242 e. The van der Waals surface area contributed by atoms with Crippen LogP contribution in [0.4, 0.5) is 0 Å². The predicted octanol–water partition coefficient (Wildman–Crippen LogP) is 3.86. The monoisotopic (exact) mass is 531 g/mol. The van der Waals surface area contributed by atoms with Crippen molar-refractivity contribution in [1.29, 1.82) is 0 Å². The van der Waals surface area contributed by atoms with Gasteiger partial charge in [0, 0.05) is 49.8 Å². The van der Waals surface area contributed by atoms with Gasteiger partial charge >= 0.3 is 0 Å². The van der Waals surface area contributed by atoms with Gasteiger partial charge in [-0.3, -0.25) is 9.69 Å². The Labute approximate surface area is 221 Å². The van der Waals surface area contributed by atoms with Gasteiger partial charge in [0.1, 0.15) is 6.54 Å². The van der Waals surface area contributed by atoms with Gasteiger partial charge in [0.2, 0.25) is 22.5 Å². The van der Waals surface area contributed by atoms with E-state index in [0.29, 0.717) is 18.5 Å². The van der Waals surface area contributed by atoms with E-state index in [9.17, 15) is 13.2 Å². The van der Waals surface area contributed by atoms with Gasteiger partial charge in [-0.1, -0.05) is 42.0 Å². The molecule has 0 atom stereocenters. The molecule has 2 aliphatic rings. The van der Waals surface area contributed by atoms with Crippen molar-refractivity contribution < 1.29 is 22.7 Å². The minimum Gasteiger partial charge on any atom is -0.454 e. The molecule has 0 aliphatic carbocycles. The van der Waals surface area contributed by atoms with Crippen molar-refractivity contribution >= 4 is 26.6 Å². The van der Waals surface area contributed by atoms with Gasteiger partial charge in [-0.05, 0) is 42.8 Å². The predicted molar refractivity (Wildman–Crippen MR) is 143 cm³/mol. The number of sulfone groups is 1. The van der Waals surface area contributed by atoms with Crippen LogP contribution in [-0.4, -0.2) is 61.7 Å². The van der Waals surface area contributed by atoms with Gasteiger partial charge in [-0.2, -0.15) is 0 Å². The highest BCUT2D eigenvalue weighted by molar-refractivity contribution is 7.91. The highest BCUT2D eigenvalue weighted by atomic mass is 32.2. The number of aryl methyl sites for hydroxylation is 1. The Morgan fingerprint density at radius 2 is 1.63 bits per heavy atom. The number of fused-ring (bicyclic) bond motifs is 2. The molecule has 3 aromatic carbocycles. The molecule has 0 bridgehead atoms. The maximum absolute atomic E-state index is 13.5. The number of nitrogens with zero attached hydrogens (tertiary/aromatic N) is 3. The molecule has 1 fully saturated rings. The van der Waals surface area contributed by atoms with E-state index in [-0.39, 0.29) is 29.0 Å². The second kappa shape index (κ2) is 9.81. The van der Waals surface area contributed by atoms with Gasteiger partial charge in [0.25, 0.3) is 0 Å². The SMILES string of the molecule is Cc1ccc(S(=O)(=O)c2cn(CC(=O)N3CCN(Cc4ccc5c(c4)OCO5)CC3)c3ccccc23)cc1. The first kappa shape index (κ1) is 24.5. The summed E-state index contributed by atoms with van der Waals surface area (Å²) in [6, 6.07) is 20.2. The molecule has 0 spiro atoms. The number of hydrogen-bond acceptors (Lipinski definition) is 6. The Kier molecular flexibility index (Phi) is 6.33. The highest BCUT2D eigenvalue weighted by Crippen LogP contribution is 2.33. The molecule has 1 saturated heterocycles. The first-order valence-corrected chi connectivity index (χ1v) is 14.1. The molecule has 1 amide bonds. The van der Waals surface area contributed by atoms with Crippen LogP contribution >= 0.6 is 0 Å². The Bertz CT molecular complexity index is 1600. The molecule has 0 saturated carbocycles. The third-order valence-corrected chi connectivity index (χ3v) is 9.04. The van der Waals surface area contributed by atoms with Crippen molar-refractivity contribution in [1.82, 2.24) is 14.4 Å². The van der Waals surface area contributed by atoms with Crippen LogP contribution in [-0.2, 0) is 27.7 Å². The maximum Gasteiger partial charge on any atom is 0.242 e. The van der Waals surface area contributed by atoms with Gasteiger partial charge in [0.05, 0.1) is 9.79 Å². The van der Waals surface area contributed by atoms with Crippen LogP contribution in [0, 0.1) is 6.92 Å². The second-order valence-electron chi connectivity index (χ2n) is 9.80. The minimum absolute atomic E-state index is 0.0206. The number of piperazine rings is 1. The molecule has 0 radical (unpaired) electrons. The molecular weight excluding hydrogens is 502 g/mol. The average molecular weight is 532 g/mol. The van der Waals surface area contributed by atoms with E-state index >= 15 is 0 Å². The minimum atomic E-state index is -3.73. The summed E-state index contributed by atoms with van der Waals surface area (Å²) >= 11 is 0. The second-order valence-corrected chi connectivity index (χ2v) is 11.7. The van der Waals surface area contributed by atoms with Crippen molar-refractivity contribution in [3.05, 3.63) is 84.1 Å². The number of carbonyl (C=O) groups is 1. The Hall–Kier alpha value is -3.82. The molecule has 2 aliphatic heterocycles. The molecule has 0 N–H and O–H groups in total. The molecule has 38 heavy (non-hydrogen) atoms. The van der Waals surface area contributed by atoms with E-state index in [4.69, 9.17) is 9.47 Å². The third kappa shape index (κ3) is 4.63. The fourth-order valence-electron chi connectivity index (χ4n) is 5.10. The number of para-hydroxylation sites is 1. The molecule has 9 heteroatoms. The van der Waals surface area contributed by atoms with Crippen molar-refractivity contribution in [3.63, 3.8) is 0 Å². The van der Waals surface area contributed by atoms with Crippen molar-refractivity contribution in [2.24, 2.45) is 0 Å². The summed E-state index contributed by atoms with van der Waals surface area (Å²) in [6.45, 7) is 5.82. The number of aromatic nitrogens is 1. The summed E-state index contributed by atoms with van der Waals surface area (Å²) in [5, 5.41) is 0.620. The summed E-state index contributed by atoms with van der Waals surface area (Å²) in [4.78, 5) is 17.9. The van der Waals surface area contributed by atoms with Crippen LogP contribution in [0.2, 0.25) is 0 Å². The highest BCUT2D eigenvalue weighted by Gasteiger charge is 2.26. The van der Waals surface area contributed by atoms with Crippen molar-refractivity contribution in [2.75, 3.05) is 33.0 Å². The molecule has 3 heterocycles. The molecule has 196 valence electrons. The number of amides is 1. The molecule has 6 rings (SSSR count). The van der Waals surface area contributed by atoms with Crippen LogP contribution in [0.5, 0.6) is 11.5 Å². The van der Waals surface area contributed by atoms with E-state index in [0.717, 1.165) is 47.8 Å². The molecular formula is C29H29N3O5S. The average Bonchev–Trinajstić information content (AvgIpc) is 3.54. The quantitative estimate of drug-likeness (QED) is 0.376. The fraction of sp³-hybridized carbons (Fsp3) is 0.276. The molecule has 8 nitrogen and oxygen atoms in total. The van der Waals surface area contributed by atoms with Crippen molar-refractivity contribution in [2.45, 2.75) is 29.8 Å². The Morgan fingerprint density at radius 1 is 0.895 bits per heavy atom. The number of carbonyl (C=O) groups excluding carboxylic acids is 1. The zero-order valence-corrected chi connectivity index (χ0v) is 22.0. The summed E-state index contributed by atoms with van der Waals surface area (Å²) < 4.78 is 39.6. The van der Waals surface area contributed by atoms with E-state index in [1.807, 2.05) is 48.2 Å². The van der Waals surface area contributed by atoms with Crippen LogP contribution < -0.4 is 9.47 Å². The number of hydrogen-bond donors (Lipinski definition) is 0. The van der Waals surface area contributed by atoms with Gasteiger partial charge in [-0.15, -0.1) is 0 Å². The van der Waals surface area contributed by atoms with Crippen LogP contribution in [0.15, 0.2) is 82.7 Å². The van der Waals surface area contributed by atoms with E-state index in [1.165, 1.54) is 0 Å². The Morgan fingerprint density at radius 3 is 2.42 bits per heavy atom. The Balaban J connectivity index is 1.15. The largest absolute Gasteiger partial charge is 0.454 e. The van der Waals surface area contributed by atoms with E-state index in [1.54, 1.807) is 41.1 Å². The number of rotatable bonds is 6. The summed E-state index contributed by atoms with van der Waals surface area (Å²) in [6.07, 6.45) is 1.60. The molecule has 0 unspecified atom stereocenters. The summed E-state index contributed by atoms with van der Waals surface area (Å²) in [5.41, 5.74) is 2.87. The normalized spacial score (nSPS) is 15.8. The van der Waals surface area contributed by atoms with Crippen molar-refractivity contribution in [3.8, 4) is 11.5 Å². The standard InChI is InChI=1S/C29H29N3O5S/c1-21-6-9-23(10-7-21)38(34,35)28-18-32(25-5-3-2-4-24(25)28)19-29(33)31-14-12-30(13-15-31)17-22-8-11-26-27(16-22)37-20-36-26/h2-11,16,18H,12-15,17,19-20H2,1H3. The molecule has 4 aromatic rings. The lowest BCUT2D eigenvalue weighted by molar-refractivity contribution is -0.133. The van der Waals surface area contributed by atoms with Gasteiger partial charge in [-0.25, -0.2) is 8.42 Å². The lowest BCUT2D eigenvalue weighted by atomic mass is 10.1. The summed E-state index contributed by atoms with van der Waals surface area (Å²) in [5.74, 6) is 1.53. The fourth-order valence-corrected chi connectivity index (χ4v) is 6.58. The van der Waals surface area contributed by atoms with Crippen LogP contribution in [0.25, 0.3) is 10.9 Å². The maximum atomic E-state index is 13.5. The van der Waals surface area contributed by atoms with E-state index in [2.05, 4.69) is 4.90 Å². The number of benzene rings is 3. The zero-order valence-electron chi connectivity index (χ0n) is 21.2. The van der Waals surface area contributed by atoms with Crippen LogP contribution in [0.1, 0.15) is 11.1 Å². The van der Waals surface area contributed by atoms with Gasteiger partial charge < -0.3 is 18.9 Å². The number of ether oxygens (including phenoxy) is 2. The zero-order chi connectivity index (χ0) is 26.3. The summed E-state index contributed by atoms with van der Waals surface area (Å²) in [7, 11) is -3.73.